The number of rotatable bonds is 3. The summed E-state index contributed by atoms with van der Waals surface area (Å²) in [6, 6.07) is 4.38. The van der Waals surface area contributed by atoms with Crippen molar-refractivity contribution in [3.8, 4) is 0 Å². The third-order valence-corrected chi connectivity index (χ3v) is 2.68. The van der Waals surface area contributed by atoms with Gasteiger partial charge in [0.2, 0.25) is 0 Å². The molecule has 0 aromatic heterocycles. The highest BCUT2D eigenvalue weighted by Crippen LogP contribution is 2.23. The van der Waals surface area contributed by atoms with E-state index in [0.29, 0.717) is 25.4 Å². The van der Waals surface area contributed by atoms with E-state index in [9.17, 15) is 9.18 Å². The van der Waals surface area contributed by atoms with Crippen molar-refractivity contribution < 1.29 is 23.4 Å². The Bertz CT molecular complexity index is 427. The van der Waals surface area contributed by atoms with Gasteiger partial charge in [-0.3, -0.25) is 0 Å². The third-order valence-electron chi connectivity index (χ3n) is 2.68. The fourth-order valence-electron chi connectivity index (χ4n) is 1.79. The molecule has 1 atom stereocenters. The monoisotopic (exact) mass is 254 g/mol. The number of ether oxygens (including phenoxy) is 3. The van der Waals surface area contributed by atoms with Gasteiger partial charge in [0.25, 0.3) is 0 Å². The summed E-state index contributed by atoms with van der Waals surface area (Å²) in [5.41, 5.74) is 0.609. The van der Waals surface area contributed by atoms with Crippen molar-refractivity contribution in [3.63, 3.8) is 0 Å². The van der Waals surface area contributed by atoms with Crippen LogP contribution < -0.4 is 0 Å². The maximum Gasteiger partial charge on any atom is 0.341 e. The molecule has 0 bridgehead atoms. The van der Waals surface area contributed by atoms with Gasteiger partial charge in [-0.25, -0.2) is 9.18 Å². The topological polar surface area (TPSA) is 44.8 Å². The summed E-state index contributed by atoms with van der Waals surface area (Å²) in [6.07, 6.45) is -0.274. The van der Waals surface area contributed by atoms with Gasteiger partial charge in [0.05, 0.1) is 32.0 Å². The molecule has 98 valence electrons. The number of carbonyl (C=O) groups is 1. The minimum Gasteiger partial charge on any atom is -0.462 e. The van der Waals surface area contributed by atoms with E-state index in [-0.39, 0.29) is 18.3 Å². The van der Waals surface area contributed by atoms with Crippen LogP contribution in [0.3, 0.4) is 0 Å². The summed E-state index contributed by atoms with van der Waals surface area (Å²) in [5.74, 6) is -1.25. The van der Waals surface area contributed by atoms with Crippen LogP contribution in [-0.2, 0) is 14.2 Å². The van der Waals surface area contributed by atoms with E-state index in [1.165, 1.54) is 12.1 Å². The van der Waals surface area contributed by atoms with Gasteiger partial charge in [0.15, 0.2) is 0 Å². The van der Waals surface area contributed by atoms with Gasteiger partial charge < -0.3 is 14.2 Å². The molecule has 0 saturated carbocycles. The second-order valence-corrected chi connectivity index (χ2v) is 3.89. The first-order chi connectivity index (χ1) is 8.72. The Kier molecular flexibility index (Phi) is 4.28. The largest absolute Gasteiger partial charge is 0.462 e. The molecule has 2 rings (SSSR count). The van der Waals surface area contributed by atoms with E-state index < -0.39 is 11.8 Å². The SMILES string of the molecule is CCOC(=O)c1ccc(C2COCCO2)cc1F. The van der Waals surface area contributed by atoms with Crippen LogP contribution in [0.15, 0.2) is 18.2 Å². The lowest BCUT2D eigenvalue weighted by molar-refractivity contribution is -0.0902. The Morgan fingerprint density at radius 1 is 1.50 bits per heavy atom. The number of hydrogen-bond donors (Lipinski definition) is 0. The van der Waals surface area contributed by atoms with Gasteiger partial charge in [-0.05, 0) is 24.6 Å². The molecule has 1 aliphatic rings. The second kappa shape index (κ2) is 5.93. The maximum absolute atomic E-state index is 13.8. The zero-order valence-corrected chi connectivity index (χ0v) is 10.1. The first-order valence-electron chi connectivity index (χ1n) is 5.88. The van der Waals surface area contributed by atoms with Crippen molar-refractivity contribution in [1.29, 1.82) is 0 Å². The molecule has 1 unspecified atom stereocenters. The molecular formula is C13H15FO4. The lowest BCUT2D eigenvalue weighted by atomic mass is 10.1. The molecule has 5 heteroatoms. The van der Waals surface area contributed by atoms with Crippen molar-refractivity contribution in [2.24, 2.45) is 0 Å². The Morgan fingerprint density at radius 3 is 2.94 bits per heavy atom. The Labute approximate surface area is 105 Å². The van der Waals surface area contributed by atoms with Gasteiger partial charge in [0.1, 0.15) is 11.9 Å². The maximum atomic E-state index is 13.8. The molecule has 1 aromatic rings. The highest BCUT2D eigenvalue weighted by atomic mass is 19.1. The van der Waals surface area contributed by atoms with E-state index >= 15 is 0 Å². The zero-order chi connectivity index (χ0) is 13.0. The minimum absolute atomic E-state index is 0.0580. The lowest BCUT2D eigenvalue weighted by Crippen LogP contribution is -2.22. The summed E-state index contributed by atoms with van der Waals surface area (Å²) in [7, 11) is 0. The molecule has 4 nitrogen and oxygen atoms in total. The second-order valence-electron chi connectivity index (χ2n) is 3.89. The van der Waals surface area contributed by atoms with Crippen LogP contribution in [0, 0.1) is 5.82 Å². The minimum atomic E-state index is -0.651. The molecule has 1 aliphatic heterocycles. The highest BCUT2D eigenvalue weighted by molar-refractivity contribution is 5.89. The van der Waals surface area contributed by atoms with Crippen molar-refractivity contribution >= 4 is 5.97 Å². The van der Waals surface area contributed by atoms with E-state index in [1.807, 2.05) is 0 Å². The highest BCUT2D eigenvalue weighted by Gasteiger charge is 2.20. The van der Waals surface area contributed by atoms with Crippen molar-refractivity contribution in [3.05, 3.63) is 35.1 Å². The van der Waals surface area contributed by atoms with Crippen LogP contribution in [0.25, 0.3) is 0 Å². The summed E-state index contributed by atoms with van der Waals surface area (Å²) in [4.78, 5) is 11.4. The molecule has 0 N–H and O–H groups in total. The zero-order valence-electron chi connectivity index (χ0n) is 10.1. The summed E-state index contributed by atoms with van der Waals surface area (Å²) in [6.45, 7) is 3.35. The smallest absolute Gasteiger partial charge is 0.341 e. The van der Waals surface area contributed by atoms with Crippen LogP contribution >= 0.6 is 0 Å². The molecule has 0 amide bonds. The average molecular weight is 254 g/mol. The van der Waals surface area contributed by atoms with Gasteiger partial charge in [-0.1, -0.05) is 6.07 Å². The molecule has 1 fully saturated rings. The Hall–Kier alpha value is -1.46. The fourth-order valence-corrected chi connectivity index (χ4v) is 1.79. The first kappa shape index (κ1) is 13.0. The van der Waals surface area contributed by atoms with E-state index in [0.717, 1.165) is 0 Å². The van der Waals surface area contributed by atoms with Gasteiger partial charge in [-0.15, -0.1) is 0 Å². The van der Waals surface area contributed by atoms with Crippen LogP contribution in [0.5, 0.6) is 0 Å². The summed E-state index contributed by atoms with van der Waals surface area (Å²) >= 11 is 0. The molecule has 1 aromatic carbocycles. The Balaban J connectivity index is 2.16. The van der Waals surface area contributed by atoms with Gasteiger partial charge in [0, 0.05) is 0 Å². The Morgan fingerprint density at radius 2 is 2.33 bits per heavy atom. The molecule has 0 radical (unpaired) electrons. The van der Waals surface area contributed by atoms with E-state index in [1.54, 1.807) is 13.0 Å². The lowest BCUT2D eigenvalue weighted by Gasteiger charge is -2.23. The number of halogens is 1. The van der Waals surface area contributed by atoms with Crippen molar-refractivity contribution in [1.82, 2.24) is 0 Å². The third kappa shape index (κ3) is 2.86. The standard InChI is InChI=1S/C13H15FO4/c1-2-17-13(15)10-4-3-9(7-11(10)14)12-8-16-5-6-18-12/h3-4,7,12H,2,5-6,8H2,1H3. The van der Waals surface area contributed by atoms with E-state index in [4.69, 9.17) is 14.2 Å². The molecule has 18 heavy (non-hydrogen) atoms. The van der Waals surface area contributed by atoms with E-state index in [2.05, 4.69) is 0 Å². The van der Waals surface area contributed by atoms with Crippen molar-refractivity contribution in [2.75, 3.05) is 26.4 Å². The first-order valence-corrected chi connectivity index (χ1v) is 5.88. The average Bonchev–Trinajstić information content (AvgIpc) is 2.40. The number of esters is 1. The van der Waals surface area contributed by atoms with Crippen molar-refractivity contribution in [2.45, 2.75) is 13.0 Å². The van der Waals surface area contributed by atoms with Crippen LogP contribution in [0.1, 0.15) is 28.9 Å². The van der Waals surface area contributed by atoms with Gasteiger partial charge >= 0.3 is 5.97 Å². The molecule has 1 heterocycles. The molecular weight excluding hydrogens is 239 g/mol. The summed E-state index contributed by atoms with van der Waals surface area (Å²) < 4.78 is 29.3. The fraction of sp³-hybridized carbons (Fsp3) is 0.462. The summed E-state index contributed by atoms with van der Waals surface area (Å²) in [5, 5.41) is 0. The number of carbonyl (C=O) groups excluding carboxylic acids is 1. The quantitative estimate of drug-likeness (QED) is 0.775. The predicted molar refractivity (Wildman–Crippen MR) is 61.9 cm³/mol. The number of benzene rings is 1. The molecule has 0 spiro atoms. The molecule has 1 saturated heterocycles. The molecule has 0 aliphatic carbocycles. The number of hydrogen-bond acceptors (Lipinski definition) is 4. The normalized spacial score (nSPS) is 19.6. The predicted octanol–water partition coefficient (Wildman–Crippen LogP) is 2.09. The van der Waals surface area contributed by atoms with Crippen LogP contribution in [-0.4, -0.2) is 32.4 Å². The van der Waals surface area contributed by atoms with Crippen LogP contribution in [0.4, 0.5) is 4.39 Å². The van der Waals surface area contributed by atoms with Gasteiger partial charge in [-0.2, -0.15) is 0 Å². The van der Waals surface area contributed by atoms with Crippen LogP contribution in [0.2, 0.25) is 0 Å².